The highest BCUT2D eigenvalue weighted by Crippen LogP contribution is 2.61. The van der Waals surface area contributed by atoms with Crippen molar-refractivity contribution in [2.75, 3.05) is 23.0 Å². The van der Waals surface area contributed by atoms with E-state index < -0.39 is 10.8 Å². The third-order valence-corrected chi connectivity index (χ3v) is 31.0. The number of hydrogen-bond acceptors (Lipinski definition) is 6. The smallest absolute Gasteiger partial charge is 0.119 e. The Bertz CT molecular complexity index is 8010. The standard InChI is InChI=1S/C134H106N4O4/c1-7-89-51-65-105(66-52-89)141-77-75-133(95-27-11-9-12-28-95)121-39-23-17-33-109(121)113-71-61-103(83-125(113)133)135(101-59-69-111-107-31-15-21-37-119(107)131(3,4)123(111)81-101)99-63-73-129-117(79-99)115-35-19-25-41-127(115)137(129)97-55-47-93(48-56-97)87-139-85-91-43-45-92(46-44-91)86-140-88-94-49-57-98(58-50-94)138-128-42-26-20-36-116(128)118-80-100(64-74-130(118)138)136(102-60-70-112-108-32-16-22-38-120(108)132(5,6)124(112)82-102)104-62-72-114-110-34-18-24-40-122(110)134(126(114)84-104,96-29-13-10-14-30-96)76-78-142-106-67-53-90(8-2)54-68-106/h7-74,79-84H,1-2,75-78,85-88H2,3-6H3. The van der Waals surface area contributed by atoms with Crippen molar-refractivity contribution in [1.82, 2.24) is 9.13 Å². The third kappa shape index (κ3) is 14.6. The second kappa shape index (κ2) is 35.4. The van der Waals surface area contributed by atoms with Crippen LogP contribution in [0.25, 0.3) is 112 Å². The molecule has 25 rings (SSSR count). The van der Waals surface area contributed by atoms with Gasteiger partial charge in [-0.3, -0.25) is 0 Å². The zero-order valence-electron chi connectivity index (χ0n) is 80.2. The molecule has 0 spiro atoms. The molecule has 686 valence electrons. The molecule has 0 amide bonds. The maximum atomic E-state index is 6.72. The first kappa shape index (κ1) is 86.9. The Hall–Kier alpha value is -16.6. The van der Waals surface area contributed by atoms with Gasteiger partial charge in [0.1, 0.15) is 11.5 Å². The molecule has 0 saturated heterocycles. The zero-order chi connectivity index (χ0) is 95.4. The summed E-state index contributed by atoms with van der Waals surface area (Å²) in [5.41, 5.74) is 41.3. The van der Waals surface area contributed by atoms with Gasteiger partial charge >= 0.3 is 0 Å². The number of nitrogens with zero attached hydrogens (tertiary/aromatic N) is 4. The number of para-hydroxylation sites is 2. The molecule has 21 aromatic rings. The molecule has 0 aliphatic heterocycles. The summed E-state index contributed by atoms with van der Waals surface area (Å²) in [4.78, 5) is 5.00. The van der Waals surface area contributed by atoms with Gasteiger partial charge in [-0.05, 0) is 292 Å². The predicted molar refractivity (Wildman–Crippen MR) is 586 cm³/mol. The van der Waals surface area contributed by atoms with E-state index in [1.165, 1.54) is 122 Å². The van der Waals surface area contributed by atoms with Gasteiger partial charge in [0, 0.05) is 88.7 Å². The molecular weight excluding hydrogens is 1730 g/mol. The third-order valence-electron chi connectivity index (χ3n) is 31.0. The van der Waals surface area contributed by atoms with Crippen LogP contribution in [0.1, 0.15) is 130 Å². The van der Waals surface area contributed by atoms with E-state index in [1.54, 1.807) is 0 Å². The van der Waals surface area contributed by atoms with Crippen molar-refractivity contribution in [3.8, 4) is 67.4 Å². The number of benzene rings is 19. The maximum Gasteiger partial charge on any atom is 0.119 e. The molecule has 2 atom stereocenters. The normalized spacial score (nSPS) is 15.1. The average molecular weight is 1840 g/mol. The molecule has 2 heterocycles. The number of rotatable bonds is 28. The van der Waals surface area contributed by atoms with Crippen LogP contribution in [-0.2, 0) is 57.6 Å². The van der Waals surface area contributed by atoms with Crippen molar-refractivity contribution in [3.05, 3.63) is 539 Å². The first-order valence-electron chi connectivity index (χ1n) is 49.7. The molecule has 0 radical (unpaired) electrons. The largest absolute Gasteiger partial charge is 0.494 e. The molecule has 4 aliphatic rings. The highest BCUT2D eigenvalue weighted by molar-refractivity contribution is 6.12. The molecule has 0 N–H and O–H groups in total. The van der Waals surface area contributed by atoms with Crippen LogP contribution in [0.2, 0.25) is 0 Å². The Morgan fingerprint density at radius 2 is 0.528 bits per heavy atom. The first-order chi connectivity index (χ1) is 69.8. The monoisotopic (exact) mass is 1830 g/mol. The van der Waals surface area contributed by atoms with E-state index >= 15 is 0 Å². The minimum absolute atomic E-state index is 0.215. The maximum absolute atomic E-state index is 6.72. The summed E-state index contributed by atoms with van der Waals surface area (Å²) in [6.07, 6.45) is 5.18. The number of anilines is 6. The molecule has 2 aromatic heterocycles. The summed E-state index contributed by atoms with van der Waals surface area (Å²) >= 11 is 0. The van der Waals surface area contributed by atoms with E-state index in [2.05, 4.69) is 472 Å². The number of aromatic nitrogens is 2. The lowest BCUT2D eigenvalue weighted by Crippen LogP contribution is -2.29. The minimum atomic E-state index is -0.525. The van der Waals surface area contributed by atoms with E-state index in [0.717, 1.165) is 125 Å². The summed E-state index contributed by atoms with van der Waals surface area (Å²) in [7, 11) is 0. The molecule has 0 fully saturated rings. The van der Waals surface area contributed by atoms with Gasteiger partial charge in [0.15, 0.2) is 0 Å². The molecule has 8 heteroatoms. The Morgan fingerprint density at radius 1 is 0.246 bits per heavy atom. The van der Waals surface area contributed by atoms with Crippen molar-refractivity contribution < 1.29 is 18.9 Å². The minimum Gasteiger partial charge on any atom is -0.494 e. The lowest BCUT2D eigenvalue weighted by atomic mass is 9.70. The van der Waals surface area contributed by atoms with Crippen molar-refractivity contribution in [3.63, 3.8) is 0 Å². The van der Waals surface area contributed by atoms with Gasteiger partial charge in [0.05, 0.1) is 61.7 Å². The summed E-state index contributed by atoms with van der Waals surface area (Å²) in [6.45, 7) is 20.4. The predicted octanol–water partition coefficient (Wildman–Crippen LogP) is 33.7. The second-order valence-electron chi connectivity index (χ2n) is 39.6. The van der Waals surface area contributed by atoms with E-state index in [-0.39, 0.29) is 10.8 Å². The summed E-state index contributed by atoms with van der Waals surface area (Å²) in [5.74, 6) is 1.68. The zero-order valence-corrected chi connectivity index (χ0v) is 80.2. The fraction of sp³-hybridized carbons (Fsp3) is 0.119. The lowest BCUT2D eigenvalue weighted by molar-refractivity contribution is 0.105. The molecule has 142 heavy (non-hydrogen) atoms. The average Bonchev–Trinajstić information content (AvgIpc) is 1.55. The van der Waals surface area contributed by atoms with Crippen molar-refractivity contribution in [1.29, 1.82) is 0 Å². The van der Waals surface area contributed by atoms with Crippen molar-refractivity contribution in [2.24, 2.45) is 0 Å². The van der Waals surface area contributed by atoms with Crippen molar-refractivity contribution in [2.45, 2.75) is 88.6 Å². The first-order valence-corrected chi connectivity index (χ1v) is 49.7. The molecule has 19 aromatic carbocycles. The van der Waals surface area contributed by atoms with Gasteiger partial charge < -0.3 is 37.9 Å². The van der Waals surface area contributed by atoms with Crippen LogP contribution in [0.3, 0.4) is 0 Å². The number of ether oxygens (including phenoxy) is 4. The lowest BCUT2D eigenvalue weighted by Gasteiger charge is -2.34. The molecule has 4 aliphatic carbocycles. The Labute approximate surface area is 830 Å². The molecule has 0 saturated carbocycles. The van der Waals surface area contributed by atoms with Gasteiger partial charge in [-0.1, -0.05) is 344 Å². The number of fused-ring (bicyclic) bond motifs is 18. The van der Waals surface area contributed by atoms with Crippen LogP contribution < -0.4 is 19.3 Å². The summed E-state index contributed by atoms with van der Waals surface area (Å²) in [5, 5.41) is 4.71. The van der Waals surface area contributed by atoms with E-state index in [9.17, 15) is 0 Å². The van der Waals surface area contributed by atoms with Crippen molar-refractivity contribution >= 4 is 89.9 Å². The number of hydrogen-bond donors (Lipinski definition) is 0. The molecule has 8 nitrogen and oxygen atoms in total. The van der Waals surface area contributed by atoms with E-state index in [1.807, 2.05) is 36.4 Å². The van der Waals surface area contributed by atoms with Gasteiger partial charge in [-0.2, -0.15) is 0 Å². The summed E-state index contributed by atoms with van der Waals surface area (Å²) in [6, 6.07) is 161. The van der Waals surface area contributed by atoms with Gasteiger partial charge in [0.25, 0.3) is 0 Å². The second-order valence-corrected chi connectivity index (χ2v) is 39.6. The van der Waals surface area contributed by atoms with E-state index in [0.29, 0.717) is 39.6 Å². The highest BCUT2D eigenvalue weighted by Gasteiger charge is 2.48. The SMILES string of the molecule is C=Cc1ccc(OCCC2(c3ccccc3)c3ccccc3-c3ccc(N(c4ccc5c(c4)C(C)(C)c4ccccc4-5)c4ccc5c(c4)c4ccccc4n5-c4ccc(COCc5ccc(COCc6ccc(-n7c8ccccc8c8cc(N(c9ccc%10c(c9)C(C)(C)c9ccccc9-%10)c9ccc%10c(c9)C(CCOc9ccc(C=C)cc9)(c9ccccc9)c9ccccc9-%10)ccc87)cc6)cc5)cc4)cc32)cc1. The topological polar surface area (TPSA) is 53.3 Å². The fourth-order valence-electron chi connectivity index (χ4n) is 24.0. The van der Waals surface area contributed by atoms with Gasteiger partial charge in [-0.15, -0.1) is 0 Å². The quantitative estimate of drug-likeness (QED) is 0.0487. The van der Waals surface area contributed by atoms with Gasteiger partial charge in [-0.25, -0.2) is 0 Å². The van der Waals surface area contributed by atoms with Crippen LogP contribution in [0, 0.1) is 0 Å². The van der Waals surface area contributed by atoms with Crippen LogP contribution in [0.15, 0.2) is 450 Å². The van der Waals surface area contributed by atoms with Crippen LogP contribution in [0.5, 0.6) is 11.5 Å². The summed E-state index contributed by atoms with van der Waals surface area (Å²) < 4.78 is 31.3. The van der Waals surface area contributed by atoms with Crippen LogP contribution in [0.4, 0.5) is 34.1 Å². The Morgan fingerprint density at radius 3 is 0.894 bits per heavy atom. The van der Waals surface area contributed by atoms with Crippen LogP contribution in [-0.4, -0.2) is 22.3 Å². The molecule has 2 unspecified atom stereocenters. The molecular formula is C134H106N4O4. The Kier molecular flexibility index (Phi) is 21.6. The molecule has 0 bridgehead atoms. The van der Waals surface area contributed by atoms with E-state index in [4.69, 9.17) is 18.9 Å². The Balaban J connectivity index is 0.459. The fourth-order valence-corrected chi connectivity index (χ4v) is 24.0. The van der Waals surface area contributed by atoms with Gasteiger partial charge in [0.2, 0.25) is 0 Å². The highest BCUT2D eigenvalue weighted by atomic mass is 16.5. The van der Waals surface area contributed by atoms with Crippen LogP contribution >= 0.6 is 0 Å².